The fourth-order valence-electron chi connectivity index (χ4n) is 3.45. The van der Waals surface area contributed by atoms with E-state index in [1.54, 1.807) is 48.5 Å². The Labute approximate surface area is 191 Å². The normalized spacial score (nSPS) is 10.9. The van der Waals surface area contributed by atoms with Crippen molar-refractivity contribution in [1.82, 2.24) is 0 Å². The molecule has 0 aliphatic heterocycles. The van der Waals surface area contributed by atoms with Crippen LogP contribution in [-0.4, -0.2) is 5.91 Å². The molecule has 2 heterocycles. The highest BCUT2D eigenvalue weighted by Crippen LogP contribution is 2.26. The van der Waals surface area contributed by atoms with Crippen LogP contribution >= 0.6 is 15.9 Å². The van der Waals surface area contributed by atoms with E-state index in [1.807, 2.05) is 42.5 Å². The van der Waals surface area contributed by atoms with Crippen molar-refractivity contribution in [2.45, 2.75) is 0 Å². The van der Waals surface area contributed by atoms with Crippen molar-refractivity contribution in [2.75, 3.05) is 5.32 Å². The van der Waals surface area contributed by atoms with Crippen molar-refractivity contribution in [2.24, 2.45) is 0 Å². The van der Waals surface area contributed by atoms with Gasteiger partial charge in [0.25, 0.3) is 5.91 Å². The summed E-state index contributed by atoms with van der Waals surface area (Å²) >= 11 is 3.40. The smallest absolute Gasteiger partial charge is 0.344 e. The summed E-state index contributed by atoms with van der Waals surface area (Å²) in [6.07, 6.45) is 0. The predicted molar refractivity (Wildman–Crippen MR) is 128 cm³/mol. The second-order valence-corrected chi connectivity index (χ2v) is 8.11. The highest BCUT2D eigenvalue weighted by atomic mass is 79.9. The molecule has 0 unspecified atom stereocenters. The summed E-state index contributed by atoms with van der Waals surface area (Å²) in [6.45, 7) is 0. The maximum atomic E-state index is 12.7. The van der Waals surface area contributed by atoms with Gasteiger partial charge in [-0.05, 0) is 54.1 Å². The molecular formula is C26H16BrNO4. The fraction of sp³-hybridized carbons (Fsp3) is 0. The van der Waals surface area contributed by atoms with Gasteiger partial charge in [0.1, 0.15) is 11.3 Å². The molecule has 3 aromatic carbocycles. The average Bonchev–Trinajstić information content (AvgIpc) is 3.30. The first-order valence-corrected chi connectivity index (χ1v) is 10.7. The molecule has 156 valence electrons. The van der Waals surface area contributed by atoms with Crippen LogP contribution in [0.25, 0.3) is 33.4 Å². The fourth-order valence-corrected chi connectivity index (χ4v) is 3.71. The van der Waals surface area contributed by atoms with Gasteiger partial charge in [-0.2, -0.15) is 0 Å². The molecule has 1 amide bonds. The number of amides is 1. The monoisotopic (exact) mass is 485 g/mol. The molecule has 0 atom stereocenters. The van der Waals surface area contributed by atoms with Gasteiger partial charge in [0.15, 0.2) is 5.76 Å². The number of halogens is 1. The van der Waals surface area contributed by atoms with E-state index in [0.717, 1.165) is 15.4 Å². The number of para-hydroxylation sites is 1. The molecule has 5 rings (SSSR count). The van der Waals surface area contributed by atoms with Gasteiger partial charge >= 0.3 is 5.63 Å². The minimum Gasteiger partial charge on any atom is -0.451 e. The zero-order valence-electron chi connectivity index (χ0n) is 16.7. The van der Waals surface area contributed by atoms with Crippen molar-refractivity contribution < 1.29 is 13.6 Å². The van der Waals surface area contributed by atoms with Crippen molar-refractivity contribution in [1.29, 1.82) is 0 Å². The summed E-state index contributed by atoms with van der Waals surface area (Å²) in [5.41, 5.74) is 2.59. The molecule has 32 heavy (non-hydrogen) atoms. The number of rotatable bonds is 4. The molecule has 5 nitrogen and oxygen atoms in total. The standard InChI is InChI=1S/C26H16BrNO4/c27-19-10-8-16(9-11-19)23-12-13-24(31-23)25(29)28-20-6-3-5-17(14-20)21-15-18-4-1-2-7-22(18)32-26(21)30/h1-15H,(H,28,29). The van der Waals surface area contributed by atoms with Gasteiger partial charge in [0.2, 0.25) is 0 Å². The largest absolute Gasteiger partial charge is 0.451 e. The van der Waals surface area contributed by atoms with Gasteiger partial charge in [-0.1, -0.05) is 58.4 Å². The van der Waals surface area contributed by atoms with E-state index < -0.39 is 5.63 Å². The number of nitrogens with one attached hydrogen (secondary N) is 1. The maximum Gasteiger partial charge on any atom is 0.344 e. The molecule has 2 aromatic heterocycles. The van der Waals surface area contributed by atoms with Gasteiger partial charge in [0, 0.05) is 21.1 Å². The first-order valence-electron chi connectivity index (χ1n) is 9.87. The summed E-state index contributed by atoms with van der Waals surface area (Å²) in [7, 11) is 0. The average molecular weight is 486 g/mol. The van der Waals surface area contributed by atoms with E-state index in [2.05, 4.69) is 21.2 Å². The molecule has 5 aromatic rings. The number of hydrogen-bond acceptors (Lipinski definition) is 4. The number of furan rings is 1. The Kier molecular flexibility index (Phi) is 5.21. The zero-order chi connectivity index (χ0) is 22.1. The number of benzene rings is 3. The summed E-state index contributed by atoms with van der Waals surface area (Å²) in [4.78, 5) is 25.2. The second kappa shape index (κ2) is 8.32. The molecule has 0 bridgehead atoms. The van der Waals surface area contributed by atoms with E-state index in [4.69, 9.17) is 8.83 Å². The Hall–Kier alpha value is -3.90. The third kappa shape index (κ3) is 4.00. The SMILES string of the molecule is O=C(Nc1cccc(-c2cc3ccccc3oc2=O)c1)c1ccc(-c2ccc(Br)cc2)o1. The summed E-state index contributed by atoms with van der Waals surface area (Å²) < 4.78 is 12.1. The lowest BCUT2D eigenvalue weighted by Crippen LogP contribution is -2.11. The number of carbonyl (C=O) groups excluding carboxylic acids is 1. The van der Waals surface area contributed by atoms with Crippen LogP contribution in [0, 0.1) is 0 Å². The van der Waals surface area contributed by atoms with Crippen LogP contribution in [0.1, 0.15) is 10.6 Å². The molecular weight excluding hydrogens is 470 g/mol. The van der Waals surface area contributed by atoms with Crippen LogP contribution < -0.4 is 10.9 Å². The van der Waals surface area contributed by atoms with Gasteiger partial charge in [-0.15, -0.1) is 0 Å². The first kappa shape index (κ1) is 20.0. The number of fused-ring (bicyclic) bond motifs is 1. The topological polar surface area (TPSA) is 72.5 Å². The Morgan fingerprint density at radius 2 is 1.59 bits per heavy atom. The van der Waals surface area contributed by atoms with Gasteiger partial charge in [-0.3, -0.25) is 4.79 Å². The van der Waals surface area contributed by atoms with Gasteiger partial charge < -0.3 is 14.2 Å². The van der Waals surface area contributed by atoms with Crippen molar-refractivity contribution in [3.05, 3.63) is 112 Å². The van der Waals surface area contributed by atoms with Gasteiger partial charge in [-0.25, -0.2) is 4.79 Å². The minimum atomic E-state index is -0.433. The Bertz CT molecular complexity index is 1500. The second-order valence-electron chi connectivity index (χ2n) is 7.19. The van der Waals surface area contributed by atoms with E-state index in [0.29, 0.717) is 28.2 Å². The van der Waals surface area contributed by atoms with Crippen LogP contribution in [-0.2, 0) is 0 Å². The van der Waals surface area contributed by atoms with Gasteiger partial charge in [0.05, 0.1) is 5.56 Å². The molecule has 0 radical (unpaired) electrons. The summed E-state index contributed by atoms with van der Waals surface area (Å²) in [6, 6.07) is 27.2. The molecule has 0 aliphatic carbocycles. The van der Waals surface area contributed by atoms with Crippen molar-refractivity contribution in [3.63, 3.8) is 0 Å². The molecule has 1 N–H and O–H groups in total. The highest BCUT2D eigenvalue weighted by molar-refractivity contribution is 9.10. The third-order valence-electron chi connectivity index (χ3n) is 5.03. The quantitative estimate of drug-likeness (QED) is 0.286. The summed E-state index contributed by atoms with van der Waals surface area (Å²) in [5.74, 6) is 0.416. The lowest BCUT2D eigenvalue weighted by molar-refractivity contribution is 0.0997. The summed E-state index contributed by atoms with van der Waals surface area (Å²) in [5, 5.41) is 3.65. The molecule has 0 saturated carbocycles. The Morgan fingerprint density at radius 1 is 0.781 bits per heavy atom. The third-order valence-corrected chi connectivity index (χ3v) is 5.56. The molecule has 0 aliphatic rings. The number of carbonyl (C=O) groups is 1. The van der Waals surface area contributed by atoms with Crippen LogP contribution in [0.4, 0.5) is 5.69 Å². The highest BCUT2D eigenvalue weighted by Gasteiger charge is 2.14. The van der Waals surface area contributed by atoms with E-state index in [9.17, 15) is 9.59 Å². The molecule has 0 saturated heterocycles. The maximum absolute atomic E-state index is 12.7. The van der Waals surface area contributed by atoms with Crippen molar-refractivity contribution >= 4 is 38.5 Å². The number of hydrogen-bond donors (Lipinski definition) is 1. The number of anilines is 1. The lowest BCUT2D eigenvalue weighted by Gasteiger charge is -2.07. The Morgan fingerprint density at radius 3 is 2.44 bits per heavy atom. The lowest BCUT2D eigenvalue weighted by atomic mass is 10.1. The van der Waals surface area contributed by atoms with Crippen molar-refractivity contribution in [3.8, 4) is 22.5 Å². The Balaban J connectivity index is 1.40. The predicted octanol–water partition coefficient (Wildman–Crippen LogP) is 6.73. The van der Waals surface area contributed by atoms with E-state index in [-0.39, 0.29) is 11.7 Å². The van der Waals surface area contributed by atoms with Crippen LogP contribution in [0.15, 0.2) is 109 Å². The first-order chi connectivity index (χ1) is 15.6. The van der Waals surface area contributed by atoms with Crippen LogP contribution in [0.2, 0.25) is 0 Å². The minimum absolute atomic E-state index is 0.193. The van der Waals surface area contributed by atoms with E-state index in [1.165, 1.54) is 0 Å². The van der Waals surface area contributed by atoms with Crippen LogP contribution in [0.5, 0.6) is 0 Å². The van der Waals surface area contributed by atoms with Crippen LogP contribution in [0.3, 0.4) is 0 Å². The van der Waals surface area contributed by atoms with E-state index >= 15 is 0 Å². The zero-order valence-corrected chi connectivity index (χ0v) is 18.3. The molecule has 0 spiro atoms. The molecule has 6 heteroatoms. The molecule has 0 fully saturated rings.